The lowest BCUT2D eigenvalue weighted by Crippen LogP contribution is -2.40. The predicted octanol–water partition coefficient (Wildman–Crippen LogP) is 2.76. The molecular formula is C23H34N4O5S. The standard InChI is InChI=1S/C23H34N4O5S/c1-6-32-22-8-7-19(33(29,30)26-9-11-31-12-10-26)13-21(22)24-23(28)14-20-17(4)25-27(18(20)5)15-16(2)3/h7-8,13,16H,6,9-12,14-15H2,1-5H3,(H,24,28). The highest BCUT2D eigenvalue weighted by atomic mass is 32.2. The second-order valence-corrected chi connectivity index (χ2v) is 10.5. The minimum atomic E-state index is -3.70. The molecule has 10 heteroatoms. The molecule has 1 N–H and O–H groups in total. The maximum Gasteiger partial charge on any atom is 0.243 e. The smallest absolute Gasteiger partial charge is 0.243 e. The van der Waals surface area contributed by atoms with E-state index in [1.165, 1.54) is 16.4 Å². The van der Waals surface area contributed by atoms with Gasteiger partial charge in [0.05, 0.1) is 42.5 Å². The van der Waals surface area contributed by atoms with Gasteiger partial charge >= 0.3 is 0 Å². The molecule has 1 fully saturated rings. The summed E-state index contributed by atoms with van der Waals surface area (Å²) in [5, 5.41) is 7.43. The highest BCUT2D eigenvalue weighted by Gasteiger charge is 2.27. The average Bonchev–Trinajstić information content (AvgIpc) is 3.02. The van der Waals surface area contributed by atoms with Crippen molar-refractivity contribution in [2.24, 2.45) is 5.92 Å². The number of aromatic nitrogens is 2. The number of anilines is 1. The minimum Gasteiger partial charge on any atom is -0.492 e. The summed E-state index contributed by atoms with van der Waals surface area (Å²) in [6.07, 6.45) is 0.141. The molecule has 2 heterocycles. The van der Waals surface area contributed by atoms with Gasteiger partial charge in [-0.05, 0) is 44.9 Å². The number of ether oxygens (including phenoxy) is 2. The molecule has 0 aliphatic carbocycles. The summed E-state index contributed by atoms with van der Waals surface area (Å²) in [7, 11) is -3.70. The molecule has 2 aromatic rings. The van der Waals surface area contributed by atoms with Crippen LogP contribution in [-0.4, -0.2) is 61.3 Å². The normalized spacial score (nSPS) is 15.1. The lowest BCUT2D eigenvalue weighted by atomic mass is 10.1. The van der Waals surface area contributed by atoms with Crippen LogP contribution in [0.25, 0.3) is 0 Å². The topological polar surface area (TPSA) is 103 Å². The number of amides is 1. The summed E-state index contributed by atoms with van der Waals surface area (Å²) in [6.45, 7) is 12.4. The van der Waals surface area contributed by atoms with Gasteiger partial charge in [0.25, 0.3) is 0 Å². The Morgan fingerprint density at radius 1 is 1.24 bits per heavy atom. The van der Waals surface area contributed by atoms with Gasteiger partial charge in [0, 0.05) is 30.9 Å². The monoisotopic (exact) mass is 478 g/mol. The van der Waals surface area contributed by atoms with Crippen LogP contribution in [-0.2, 0) is 32.5 Å². The van der Waals surface area contributed by atoms with Crippen molar-refractivity contribution in [2.45, 2.75) is 52.5 Å². The summed E-state index contributed by atoms with van der Waals surface area (Å²) in [4.78, 5) is 13.1. The molecule has 3 rings (SSSR count). The lowest BCUT2D eigenvalue weighted by molar-refractivity contribution is -0.115. The second kappa shape index (κ2) is 10.7. The first-order valence-electron chi connectivity index (χ1n) is 11.3. The Bertz CT molecular complexity index is 1090. The zero-order chi connectivity index (χ0) is 24.2. The van der Waals surface area contributed by atoms with Gasteiger partial charge in [0.2, 0.25) is 15.9 Å². The van der Waals surface area contributed by atoms with Crippen LogP contribution >= 0.6 is 0 Å². The summed E-state index contributed by atoms with van der Waals surface area (Å²) in [5.74, 6) is 0.609. The summed E-state index contributed by atoms with van der Waals surface area (Å²) < 4.78 is 40.4. The number of carbonyl (C=O) groups is 1. The Balaban J connectivity index is 1.84. The van der Waals surface area contributed by atoms with E-state index in [0.717, 1.165) is 23.5 Å². The first kappa shape index (κ1) is 25.2. The fraction of sp³-hybridized carbons (Fsp3) is 0.565. The summed E-state index contributed by atoms with van der Waals surface area (Å²) in [6, 6.07) is 4.56. The van der Waals surface area contributed by atoms with Crippen molar-refractivity contribution in [2.75, 3.05) is 38.2 Å². The van der Waals surface area contributed by atoms with Crippen molar-refractivity contribution in [3.63, 3.8) is 0 Å². The van der Waals surface area contributed by atoms with Crippen LogP contribution in [0.3, 0.4) is 0 Å². The van der Waals surface area contributed by atoms with Crippen molar-refractivity contribution < 1.29 is 22.7 Å². The van der Waals surface area contributed by atoms with Crippen LogP contribution in [0.1, 0.15) is 37.7 Å². The van der Waals surface area contributed by atoms with Gasteiger partial charge in [-0.25, -0.2) is 8.42 Å². The molecule has 9 nitrogen and oxygen atoms in total. The third-order valence-corrected chi connectivity index (χ3v) is 7.43. The lowest BCUT2D eigenvalue weighted by Gasteiger charge is -2.26. The summed E-state index contributed by atoms with van der Waals surface area (Å²) in [5.41, 5.74) is 2.99. The predicted molar refractivity (Wildman–Crippen MR) is 126 cm³/mol. The highest BCUT2D eigenvalue weighted by Crippen LogP contribution is 2.30. The van der Waals surface area contributed by atoms with Crippen LogP contribution in [0, 0.1) is 19.8 Å². The van der Waals surface area contributed by atoms with E-state index in [0.29, 0.717) is 50.3 Å². The van der Waals surface area contributed by atoms with Crippen LogP contribution in [0.5, 0.6) is 5.75 Å². The molecule has 1 aliphatic rings. The Labute approximate surface area is 196 Å². The average molecular weight is 479 g/mol. The van der Waals surface area contributed by atoms with Crippen molar-refractivity contribution in [1.29, 1.82) is 0 Å². The number of carbonyl (C=O) groups excluding carboxylic acids is 1. The first-order chi connectivity index (χ1) is 15.6. The fourth-order valence-corrected chi connectivity index (χ4v) is 5.29. The van der Waals surface area contributed by atoms with Gasteiger partial charge in [-0.3, -0.25) is 9.48 Å². The van der Waals surface area contributed by atoms with E-state index >= 15 is 0 Å². The van der Waals surface area contributed by atoms with Gasteiger partial charge in [0.15, 0.2) is 0 Å². The maximum absolute atomic E-state index is 13.1. The van der Waals surface area contributed by atoms with Crippen molar-refractivity contribution in [1.82, 2.24) is 14.1 Å². The molecule has 1 aromatic heterocycles. The number of rotatable bonds is 9. The number of benzene rings is 1. The highest BCUT2D eigenvalue weighted by molar-refractivity contribution is 7.89. The molecule has 0 saturated carbocycles. The van der Waals surface area contributed by atoms with Gasteiger partial charge in [-0.15, -0.1) is 0 Å². The molecule has 0 unspecified atom stereocenters. The van der Waals surface area contributed by atoms with Gasteiger partial charge in [0.1, 0.15) is 5.75 Å². The van der Waals surface area contributed by atoms with Crippen molar-refractivity contribution in [3.8, 4) is 5.75 Å². The fourth-order valence-electron chi connectivity index (χ4n) is 3.85. The molecule has 0 radical (unpaired) electrons. The SMILES string of the molecule is CCOc1ccc(S(=O)(=O)N2CCOCC2)cc1NC(=O)Cc1c(C)nn(CC(C)C)c1C. The van der Waals surface area contributed by atoms with E-state index in [2.05, 4.69) is 24.3 Å². The van der Waals surface area contributed by atoms with E-state index in [1.54, 1.807) is 6.07 Å². The number of hydrogen-bond acceptors (Lipinski definition) is 6. The first-order valence-corrected chi connectivity index (χ1v) is 12.7. The Hall–Kier alpha value is -2.43. The molecule has 1 aromatic carbocycles. The molecule has 182 valence electrons. The molecular weight excluding hydrogens is 444 g/mol. The van der Waals surface area contributed by atoms with Gasteiger partial charge < -0.3 is 14.8 Å². The zero-order valence-corrected chi connectivity index (χ0v) is 20.9. The number of sulfonamides is 1. The molecule has 1 saturated heterocycles. The third kappa shape index (κ3) is 5.93. The minimum absolute atomic E-state index is 0.111. The van der Waals surface area contributed by atoms with Gasteiger partial charge in [-0.2, -0.15) is 9.40 Å². The Morgan fingerprint density at radius 3 is 2.58 bits per heavy atom. The zero-order valence-electron chi connectivity index (χ0n) is 20.1. The van der Waals surface area contributed by atoms with Gasteiger partial charge in [-0.1, -0.05) is 13.8 Å². The molecule has 0 bridgehead atoms. The number of hydrogen-bond donors (Lipinski definition) is 1. The second-order valence-electron chi connectivity index (χ2n) is 8.56. The van der Waals surface area contributed by atoms with E-state index < -0.39 is 10.0 Å². The van der Waals surface area contributed by atoms with Crippen LogP contribution < -0.4 is 10.1 Å². The van der Waals surface area contributed by atoms with E-state index in [1.807, 2.05) is 25.5 Å². The Morgan fingerprint density at radius 2 is 1.94 bits per heavy atom. The molecule has 1 aliphatic heterocycles. The van der Waals surface area contributed by atoms with Crippen LogP contribution in [0.2, 0.25) is 0 Å². The number of morpholine rings is 1. The van der Waals surface area contributed by atoms with E-state index in [9.17, 15) is 13.2 Å². The molecule has 33 heavy (non-hydrogen) atoms. The largest absolute Gasteiger partial charge is 0.492 e. The number of aryl methyl sites for hydroxylation is 1. The number of nitrogens with one attached hydrogen (secondary N) is 1. The molecule has 0 spiro atoms. The third-order valence-electron chi connectivity index (χ3n) is 5.54. The van der Waals surface area contributed by atoms with E-state index in [-0.39, 0.29) is 17.2 Å². The number of nitrogens with zero attached hydrogens (tertiary/aromatic N) is 3. The molecule has 1 amide bonds. The quantitative estimate of drug-likeness (QED) is 0.595. The van der Waals surface area contributed by atoms with E-state index in [4.69, 9.17) is 9.47 Å². The van der Waals surface area contributed by atoms with Crippen LogP contribution in [0.15, 0.2) is 23.1 Å². The van der Waals surface area contributed by atoms with Crippen LogP contribution in [0.4, 0.5) is 5.69 Å². The van der Waals surface area contributed by atoms with Crippen molar-refractivity contribution >= 4 is 21.6 Å². The van der Waals surface area contributed by atoms with Crippen molar-refractivity contribution in [3.05, 3.63) is 35.2 Å². The maximum atomic E-state index is 13.1. The summed E-state index contributed by atoms with van der Waals surface area (Å²) >= 11 is 0. The molecule has 0 atom stereocenters. The Kier molecular flexibility index (Phi) is 8.14.